The van der Waals surface area contributed by atoms with E-state index in [1.807, 2.05) is 72.1 Å². The van der Waals surface area contributed by atoms with Gasteiger partial charge in [0.15, 0.2) is 5.60 Å². The van der Waals surface area contributed by atoms with Crippen LogP contribution in [0.4, 0.5) is 4.79 Å². The largest absolute Gasteiger partial charge is 0.428 e. The van der Waals surface area contributed by atoms with Crippen molar-refractivity contribution in [1.29, 1.82) is 5.26 Å². The highest BCUT2D eigenvalue weighted by atomic mass is 35.5. The first-order valence-corrected chi connectivity index (χ1v) is 12.4. The molecule has 1 aliphatic rings. The van der Waals surface area contributed by atoms with Crippen molar-refractivity contribution in [3.8, 4) is 28.6 Å². The van der Waals surface area contributed by atoms with Crippen LogP contribution in [-0.2, 0) is 10.3 Å². The molecule has 4 aromatic rings. The predicted molar refractivity (Wildman–Crippen MR) is 141 cm³/mol. The lowest BCUT2D eigenvalue weighted by molar-refractivity contribution is 0.0579. The number of benzene rings is 2. The highest BCUT2D eigenvalue weighted by molar-refractivity contribution is 6.31. The summed E-state index contributed by atoms with van der Waals surface area (Å²) in [6.45, 7) is 5.12. The lowest BCUT2D eigenvalue weighted by atomic mass is 9.71. The zero-order chi connectivity index (χ0) is 25.5. The number of alkyl carbamates (subject to hydrolysis) is 1. The van der Waals surface area contributed by atoms with Crippen LogP contribution in [0.2, 0.25) is 5.02 Å². The van der Waals surface area contributed by atoms with Crippen LogP contribution in [0.15, 0.2) is 66.9 Å². The number of carbonyl (C=O) groups excluding carboxylic acids is 1. The number of fused-ring (bicyclic) bond motifs is 1. The molecule has 5 rings (SSSR count). The molecule has 0 radical (unpaired) electrons. The van der Waals surface area contributed by atoms with E-state index in [0.717, 1.165) is 58.6 Å². The van der Waals surface area contributed by atoms with Gasteiger partial charge in [-0.3, -0.25) is 4.40 Å². The van der Waals surface area contributed by atoms with Crippen molar-refractivity contribution in [3.05, 3.63) is 83.0 Å². The van der Waals surface area contributed by atoms with E-state index in [9.17, 15) is 10.1 Å². The van der Waals surface area contributed by atoms with E-state index in [4.69, 9.17) is 21.3 Å². The molecule has 1 aliphatic carbocycles. The maximum atomic E-state index is 12.5. The summed E-state index contributed by atoms with van der Waals surface area (Å²) in [5, 5.41) is 12.9. The van der Waals surface area contributed by atoms with E-state index >= 15 is 0 Å². The van der Waals surface area contributed by atoms with E-state index in [-0.39, 0.29) is 0 Å². The Morgan fingerprint density at radius 3 is 2.44 bits per heavy atom. The Bertz CT molecular complexity index is 1480. The quantitative estimate of drug-likeness (QED) is 0.320. The monoisotopic (exact) mass is 498 g/mol. The second kappa shape index (κ2) is 9.00. The number of imidazole rings is 1. The number of nitrogens with one attached hydrogen (secondary N) is 1. The maximum absolute atomic E-state index is 12.5. The van der Waals surface area contributed by atoms with Gasteiger partial charge in [-0.2, -0.15) is 5.26 Å². The van der Waals surface area contributed by atoms with Gasteiger partial charge >= 0.3 is 6.09 Å². The third-order valence-electron chi connectivity index (χ3n) is 6.83. The summed E-state index contributed by atoms with van der Waals surface area (Å²) in [5.41, 5.74) is 4.98. The van der Waals surface area contributed by atoms with Gasteiger partial charge in [-0.15, -0.1) is 0 Å². The topological polar surface area (TPSA) is 79.4 Å². The highest BCUT2D eigenvalue weighted by Crippen LogP contribution is 2.42. The smallest absolute Gasteiger partial charge is 0.409 e. The molecule has 2 aromatic heterocycles. The van der Waals surface area contributed by atoms with E-state index in [1.165, 1.54) is 0 Å². The normalized spacial score (nSPS) is 14.6. The van der Waals surface area contributed by atoms with Crippen molar-refractivity contribution < 1.29 is 9.53 Å². The van der Waals surface area contributed by atoms with Gasteiger partial charge in [0.25, 0.3) is 0 Å². The Labute approximate surface area is 215 Å². The second-order valence-corrected chi connectivity index (χ2v) is 10.3. The second-order valence-electron chi connectivity index (χ2n) is 9.86. The van der Waals surface area contributed by atoms with Gasteiger partial charge in [-0.25, -0.2) is 9.78 Å². The molecule has 1 N–H and O–H groups in total. The van der Waals surface area contributed by atoms with E-state index < -0.39 is 17.2 Å². The van der Waals surface area contributed by atoms with Crippen molar-refractivity contribution in [3.63, 3.8) is 0 Å². The van der Waals surface area contributed by atoms with Gasteiger partial charge in [0.2, 0.25) is 0 Å². The number of pyridine rings is 1. The van der Waals surface area contributed by atoms with Gasteiger partial charge in [-0.1, -0.05) is 66.2 Å². The molecule has 0 atom stereocenters. The average molecular weight is 499 g/mol. The van der Waals surface area contributed by atoms with Crippen molar-refractivity contribution in [2.24, 2.45) is 0 Å². The van der Waals surface area contributed by atoms with Gasteiger partial charge in [-0.05, 0) is 57.2 Å². The molecule has 182 valence electrons. The van der Waals surface area contributed by atoms with Crippen LogP contribution in [0, 0.1) is 18.3 Å². The Morgan fingerprint density at radius 1 is 1.14 bits per heavy atom. The fourth-order valence-corrected chi connectivity index (χ4v) is 4.82. The number of rotatable bonds is 5. The van der Waals surface area contributed by atoms with Gasteiger partial charge in [0.05, 0.1) is 21.9 Å². The lowest BCUT2D eigenvalue weighted by Gasteiger charge is -2.43. The number of aryl methyl sites for hydroxylation is 1. The highest BCUT2D eigenvalue weighted by Gasteiger charge is 2.41. The standard InChI is InChI=1S/C29H27ClN4O2/c1-19-16-24-32-25(26(34(24)17-23(19)30)21-8-5-4-6-9-21)20-10-12-22(13-11-20)29(14-7-15-29)33-27(35)36-28(2,3)18-31/h4-6,8-13,16-17H,7,14-15H2,1-3H3,(H,33,35). The van der Waals surface area contributed by atoms with Crippen molar-refractivity contribution in [1.82, 2.24) is 14.7 Å². The van der Waals surface area contributed by atoms with Crippen LogP contribution < -0.4 is 5.32 Å². The van der Waals surface area contributed by atoms with Crippen molar-refractivity contribution >= 4 is 23.3 Å². The number of ether oxygens (including phenoxy) is 1. The number of hydrogen-bond donors (Lipinski definition) is 1. The molecule has 1 fully saturated rings. The molecule has 2 heterocycles. The Kier molecular flexibility index (Phi) is 5.97. The molecule has 0 saturated heterocycles. The summed E-state index contributed by atoms with van der Waals surface area (Å²) >= 11 is 6.48. The minimum atomic E-state index is -1.18. The average Bonchev–Trinajstić information content (AvgIpc) is 3.20. The Morgan fingerprint density at radius 2 is 1.83 bits per heavy atom. The van der Waals surface area contributed by atoms with Crippen LogP contribution >= 0.6 is 11.6 Å². The van der Waals surface area contributed by atoms with Crippen LogP contribution in [0.5, 0.6) is 0 Å². The number of halogens is 1. The minimum absolute atomic E-state index is 0.493. The van der Waals surface area contributed by atoms with Crippen LogP contribution in [0.3, 0.4) is 0 Å². The fraction of sp³-hybridized carbons (Fsp3) is 0.276. The fourth-order valence-electron chi connectivity index (χ4n) is 4.67. The molecule has 7 heteroatoms. The third kappa shape index (κ3) is 4.31. The molecule has 0 aliphatic heterocycles. The van der Waals surface area contributed by atoms with Crippen LogP contribution in [0.1, 0.15) is 44.2 Å². The van der Waals surface area contributed by atoms with E-state index in [0.29, 0.717) is 5.02 Å². The molecule has 0 bridgehead atoms. The first kappa shape index (κ1) is 23.9. The van der Waals surface area contributed by atoms with Gasteiger partial charge < -0.3 is 10.1 Å². The molecule has 36 heavy (non-hydrogen) atoms. The molecule has 0 spiro atoms. The lowest BCUT2D eigenvalue weighted by Crippen LogP contribution is -2.52. The Balaban J connectivity index is 1.52. The summed E-state index contributed by atoms with van der Waals surface area (Å²) in [6, 6.07) is 22.3. The zero-order valence-corrected chi connectivity index (χ0v) is 21.3. The summed E-state index contributed by atoms with van der Waals surface area (Å²) in [4.78, 5) is 17.5. The van der Waals surface area contributed by atoms with E-state index in [1.54, 1.807) is 13.8 Å². The van der Waals surface area contributed by atoms with Gasteiger partial charge in [0, 0.05) is 17.3 Å². The number of nitrogens with zero attached hydrogens (tertiary/aromatic N) is 3. The van der Waals surface area contributed by atoms with Crippen LogP contribution in [-0.4, -0.2) is 21.1 Å². The number of nitriles is 1. The van der Waals surface area contributed by atoms with Crippen molar-refractivity contribution in [2.75, 3.05) is 0 Å². The summed E-state index contributed by atoms with van der Waals surface area (Å²) < 4.78 is 7.35. The van der Waals surface area contributed by atoms with Crippen LogP contribution in [0.25, 0.3) is 28.2 Å². The third-order valence-corrected chi connectivity index (χ3v) is 7.22. The molecule has 0 unspecified atom stereocenters. The number of carbonyl (C=O) groups is 1. The molecular formula is C29H27ClN4O2. The zero-order valence-electron chi connectivity index (χ0n) is 20.5. The molecular weight excluding hydrogens is 472 g/mol. The van der Waals surface area contributed by atoms with Gasteiger partial charge in [0.1, 0.15) is 11.7 Å². The molecule has 1 saturated carbocycles. The predicted octanol–water partition coefficient (Wildman–Crippen LogP) is 7.04. The molecule has 2 aromatic carbocycles. The number of aromatic nitrogens is 2. The first-order chi connectivity index (χ1) is 17.2. The summed E-state index contributed by atoms with van der Waals surface area (Å²) in [5.74, 6) is 0. The Hall–Kier alpha value is -3.82. The number of amides is 1. The molecule has 1 amide bonds. The maximum Gasteiger partial charge on any atom is 0.409 e. The van der Waals surface area contributed by atoms with Crippen molar-refractivity contribution in [2.45, 2.75) is 51.2 Å². The minimum Gasteiger partial charge on any atom is -0.428 e. The first-order valence-electron chi connectivity index (χ1n) is 12.0. The summed E-state index contributed by atoms with van der Waals surface area (Å²) in [6.07, 6.45) is 3.98. The SMILES string of the molecule is Cc1cc2nc(-c3ccc(C4(NC(=O)OC(C)(C)C#N)CCC4)cc3)c(-c3ccccc3)n2cc1Cl. The number of hydrogen-bond acceptors (Lipinski definition) is 4. The van der Waals surface area contributed by atoms with E-state index in [2.05, 4.69) is 17.4 Å². The summed E-state index contributed by atoms with van der Waals surface area (Å²) in [7, 11) is 0. The molecule has 6 nitrogen and oxygen atoms in total.